The van der Waals surface area contributed by atoms with Gasteiger partial charge in [0, 0.05) is 68.5 Å². The summed E-state index contributed by atoms with van der Waals surface area (Å²) in [5, 5.41) is 2.07. The van der Waals surface area contributed by atoms with Gasteiger partial charge in [0.25, 0.3) is 0 Å². The minimum atomic E-state index is -4.27. The van der Waals surface area contributed by atoms with Gasteiger partial charge in [-0.3, -0.25) is 22.7 Å². The van der Waals surface area contributed by atoms with Gasteiger partial charge in [0.15, 0.2) is 0 Å². The van der Waals surface area contributed by atoms with Crippen molar-refractivity contribution < 1.29 is 98.4 Å². The molecule has 0 aliphatic heterocycles. The van der Waals surface area contributed by atoms with Gasteiger partial charge < -0.3 is 76.4 Å². The van der Waals surface area contributed by atoms with E-state index in [1.807, 2.05) is 64.6 Å². The third-order valence-corrected chi connectivity index (χ3v) is 14.6. The maximum atomic E-state index is 12.6. The second-order valence-corrected chi connectivity index (χ2v) is 24.0. The standard InChI is InChI=1S/C60H89N2O21P3/c1-61(2)56-21-15-52(16-22-56)14-20-55-51-54(59(60-13-9-8-12-58(55)60)25-19-53-17-23-57(24-18-53)62(3)4)11-7-6-10-26-80-85(65,66)81-48-44-76-40-36-72-32-29-70-30-34-74-38-42-78-46-50-83-86(67,68)82-49-45-77-41-37-73-33-28-69-27-31-71-35-39-75-43-47-79-84(5,63)64/h8-9,12-13,15-18,21-24,51H,6-7,10-11,26-50H2,1-5H3,(H,63,64)(H,65,66)(H,67,68). The highest BCUT2D eigenvalue weighted by atomic mass is 31.2. The Hall–Kier alpha value is -4.17. The number of phosphoric acid groups is 2. The van der Waals surface area contributed by atoms with E-state index in [-0.39, 0.29) is 85.9 Å². The lowest BCUT2D eigenvalue weighted by Gasteiger charge is -2.13. The van der Waals surface area contributed by atoms with Crippen LogP contribution in [0.3, 0.4) is 0 Å². The monoisotopic (exact) mass is 1270 g/mol. The van der Waals surface area contributed by atoms with Gasteiger partial charge >= 0.3 is 23.2 Å². The average Bonchev–Trinajstić information content (AvgIpc) is 1.76. The van der Waals surface area contributed by atoms with Gasteiger partial charge in [-0.25, -0.2) is 9.13 Å². The van der Waals surface area contributed by atoms with Crippen molar-refractivity contribution in [3.63, 3.8) is 0 Å². The molecular weight excluding hydrogens is 1180 g/mol. The summed E-state index contributed by atoms with van der Waals surface area (Å²) in [6.45, 7) is 6.36. The molecular formula is C60H89N2O21P3. The molecule has 0 aromatic heterocycles. The Balaban J connectivity index is 0.944. The second-order valence-electron chi connectivity index (χ2n) is 19.2. The van der Waals surface area contributed by atoms with Crippen LogP contribution in [0.5, 0.6) is 0 Å². The predicted molar refractivity (Wildman–Crippen MR) is 328 cm³/mol. The molecule has 0 aliphatic rings. The lowest BCUT2D eigenvalue weighted by atomic mass is 9.92. The zero-order valence-corrected chi connectivity index (χ0v) is 53.1. The second kappa shape index (κ2) is 44.3. The number of anilines is 2. The lowest BCUT2D eigenvalue weighted by molar-refractivity contribution is -0.0169. The molecule has 4 aromatic carbocycles. The summed E-state index contributed by atoms with van der Waals surface area (Å²) in [7, 11) is -3.97. The van der Waals surface area contributed by atoms with Crippen molar-refractivity contribution in [2.24, 2.45) is 0 Å². The zero-order valence-electron chi connectivity index (χ0n) is 50.4. The van der Waals surface area contributed by atoms with Crippen molar-refractivity contribution in [1.82, 2.24) is 0 Å². The summed E-state index contributed by atoms with van der Waals surface area (Å²) in [5.74, 6) is 13.7. The first-order valence-electron chi connectivity index (χ1n) is 28.6. The summed E-state index contributed by atoms with van der Waals surface area (Å²) in [6, 6.07) is 26.7. The number of benzene rings is 4. The van der Waals surface area contributed by atoms with E-state index in [0.29, 0.717) is 85.7 Å². The van der Waals surface area contributed by atoms with Gasteiger partial charge in [-0.05, 0) is 90.2 Å². The molecule has 480 valence electrons. The first-order chi connectivity index (χ1) is 41.5. The molecule has 3 atom stereocenters. The Kier molecular flexibility index (Phi) is 38.3. The van der Waals surface area contributed by atoms with Crippen LogP contribution in [0, 0.1) is 23.7 Å². The molecule has 0 amide bonds. The molecule has 86 heavy (non-hydrogen) atoms. The fraction of sp³-hybridized carbons (Fsp3) is 0.567. The number of aryl methyl sites for hydroxylation is 1. The van der Waals surface area contributed by atoms with Crippen molar-refractivity contribution in [3.8, 4) is 23.7 Å². The number of fused-ring (bicyclic) bond motifs is 1. The van der Waals surface area contributed by atoms with E-state index in [0.717, 1.165) is 75.9 Å². The number of ether oxygens (including phenoxy) is 10. The minimum absolute atomic E-state index is 0.0345. The van der Waals surface area contributed by atoms with Gasteiger partial charge in [0.1, 0.15) is 0 Å². The normalized spacial score (nSPS) is 13.5. The molecule has 3 N–H and O–H groups in total. The number of rotatable bonds is 49. The largest absolute Gasteiger partial charge is 0.472 e. The molecule has 0 saturated heterocycles. The maximum Gasteiger partial charge on any atom is 0.472 e. The van der Waals surface area contributed by atoms with Gasteiger partial charge in [0.2, 0.25) is 0 Å². The van der Waals surface area contributed by atoms with Crippen LogP contribution >= 0.6 is 23.2 Å². The number of unbranched alkanes of at least 4 members (excludes halogenated alkanes) is 2. The summed E-state index contributed by atoms with van der Waals surface area (Å²) in [4.78, 5) is 33.2. The minimum Gasteiger partial charge on any atom is -0.378 e. The van der Waals surface area contributed by atoms with Crippen molar-refractivity contribution in [1.29, 1.82) is 0 Å². The van der Waals surface area contributed by atoms with Crippen molar-refractivity contribution in [3.05, 3.63) is 107 Å². The number of hydrogen-bond acceptors (Lipinski definition) is 20. The Bertz CT molecular complexity index is 2750. The van der Waals surface area contributed by atoms with E-state index in [2.05, 4.69) is 75.9 Å². The van der Waals surface area contributed by atoms with Crippen molar-refractivity contribution in [2.45, 2.75) is 25.7 Å². The maximum absolute atomic E-state index is 12.6. The van der Waals surface area contributed by atoms with Crippen LogP contribution in [0.4, 0.5) is 11.4 Å². The molecule has 0 radical (unpaired) electrons. The van der Waals surface area contributed by atoms with Crippen molar-refractivity contribution in [2.75, 3.05) is 210 Å². The lowest BCUT2D eigenvalue weighted by Crippen LogP contribution is -2.15. The van der Waals surface area contributed by atoms with Crippen LogP contribution in [0.15, 0.2) is 78.9 Å². The fourth-order valence-electron chi connectivity index (χ4n) is 7.55. The van der Waals surface area contributed by atoms with E-state index >= 15 is 0 Å². The Morgan fingerprint density at radius 1 is 0.372 bits per heavy atom. The van der Waals surface area contributed by atoms with Gasteiger partial charge in [0.05, 0.1) is 165 Å². The Morgan fingerprint density at radius 3 is 1.06 bits per heavy atom. The average molecular weight is 1270 g/mol. The summed E-state index contributed by atoms with van der Waals surface area (Å²) in [6.07, 6.45) is 2.83. The molecule has 4 aromatic rings. The first-order valence-corrected chi connectivity index (χ1v) is 33.6. The van der Waals surface area contributed by atoms with Gasteiger partial charge in [-0.1, -0.05) is 54.4 Å². The molecule has 3 unspecified atom stereocenters. The number of phosphoric ester groups is 2. The third kappa shape index (κ3) is 35.1. The molecule has 0 bridgehead atoms. The smallest absolute Gasteiger partial charge is 0.378 e. The Morgan fingerprint density at radius 2 is 0.698 bits per heavy atom. The highest BCUT2D eigenvalue weighted by Crippen LogP contribution is 2.44. The molecule has 0 spiro atoms. The summed E-state index contributed by atoms with van der Waals surface area (Å²) < 4.78 is 114. The van der Waals surface area contributed by atoms with E-state index < -0.39 is 23.2 Å². The van der Waals surface area contributed by atoms with E-state index in [1.54, 1.807) is 0 Å². The predicted octanol–water partition coefficient (Wildman–Crippen LogP) is 7.75. The van der Waals surface area contributed by atoms with Crippen LogP contribution in [-0.2, 0) is 90.1 Å². The van der Waals surface area contributed by atoms with E-state index in [4.69, 9.17) is 74.9 Å². The van der Waals surface area contributed by atoms with Crippen molar-refractivity contribution >= 4 is 45.4 Å². The van der Waals surface area contributed by atoms with Crippen LogP contribution in [0.2, 0.25) is 0 Å². The van der Waals surface area contributed by atoms with Crippen LogP contribution in [-0.4, -0.2) is 215 Å². The summed E-state index contributed by atoms with van der Waals surface area (Å²) >= 11 is 0. The molecule has 4 rings (SSSR count). The Labute approximate surface area is 507 Å². The van der Waals surface area contributed by atoms with Crippen LogP contribution in [0.1, 0.15) is 47.1 Å². The van der Waals surface area contributed by atoms with Crippen LogP contribution < -0.4 is 9.80 Å². The third-order valence-electron chi connectivity index (χ3n) is 11.9. The molecule has 0 heterocycles. The quantitative estimate of drug-likeness (QED) is 0.0217. The SMILES string of the molecule is CN(C)c1ccc(C#Cc2cc(CCCCCOP(=O)(O)OCCOCCOCCOCCOCCOCCOP(=O)(O)OCCOCCOCCOCCOCCOCCOP(C)(=O)O)c(C#Cc3ccc(N(C)C)cc3)c3ccccc23)cc1. The highest BCUT2D eigenvalue weighted by molar-refractivity contribution is 7.51. The first kappa shape index (κ1) is 74.3. The molecule has 26 heteroatoms. The van der Waals surface area contributed by atoms with Gasteiger partial charge in [-0.2, -0.15) is 0 Å². The van der Waals surface area contributed by atoms with Gasteiger partial charge in [-0.15, -0.1) is 0 Å². The van der Waals surface area contributed by atoms with E-state index in [9.17, 15) is 23.5 Å². The topological polar surface area (TPSA) is 257 Å². The van der Waals surface area contributed by atoms with Crippen LogP contribution in [0.25, 0.3) is 10.8 Å². The highest BCUT2D eigenvalue weighted by Gasteiger charge is 2.22. The van der Waals surface area contributed by atoms with E-state index in [1.165, 1.54) is 0 Å². The molecule has 0 saturated carbocycles. The molecule has 0 aliphatic carbocycles. The molecule has 0 fully saturated rings. The molecule has 23 nitrogen and oxygen atoms in total. The number of nitrogens with zero attached hydrogens (tertiary/aromatic N) is 2. The fourth-order valence-corrected chi connectivity index (χ4v) is 9.39. The summed E-state index contributed by atoms with van der Waals surface area (Å²) in [5.41, 5.74) is 7.02. The zero-order chi connectivity index (χ0) is 62.0. The number of hydrogen-bond donors (Lipinski definition) is 3.